The molecule has 0 N–H and O–H groups in total. The molecule has 0 bridgehead atoms. The smallest absolute Gasteiger partial charge is 0.256 e. The lowest BCUT2D eigenvalue weighted by molar-refractivity contribution is 0.123. The van der Waals surface area contributed by atoms with E-state index in [1.165, 1.54) is 0 Å². The Balaban J connectivity index is 2.39. The Labute approximate surface area is 112 Å². The summed E-state index contributed by atoms with van der Waals surface area (Å²) in [6, 6.07) is 7.85. The summed E-state index contributed by atoms with van der Waals surface area (Å²) < 4.78 is 25.5. The monoisotopic (exact) mass is 261 g/mol. The highest BCUT2D eigenvalue weighted by Gasteiger charge is 2.22. The zero-order chi connectivity index (χ0) is 14.0. The highest BCUT2D eigenvalue weighted by Crippen LogP contribution is 2.31. The van der Waals surface area contributed by atoms with E-state index in [-0.39, 0.29) is 6.54 Å². The van der Waals surface area contributed by atoms with Crippen LogP contribution in [0.5, 0.6) is 0 Å². The quantitative estimate of drug-likeness (QED) is 0.780. The van der Waals surface area contributed by atoms with Crippen molar-refractivity contribution in [1.82, 2.24) is 4.90 Å². The predicted octanol–water partition coefficient (Wildman–Crippen LogP) is 4.38. The van der Waals surface area contributed by atoms with Gasteiger partial charge in [-0.25, -0.2) is 8.78 Å². The van der Waals surface area contributed by atoms with Crippen molar-refractivity contribution < 1.29 is 8.78 Å². The molecule has 2 rings (SSSR count). The topological polar surface area (TPSA) is 3.24 Å². The molecule has 0 unspecified atom stereocenters. The molecule has 1 aliphatic rings. The number of halogens is 2. The van der Waals surface area contributed by atoms with Crippen molar-refractivity contribution in [2.24, 2.45) is 0 Å². The molecule has 0 spiro atoms. The zero-order valence-electron chi connectivity index (χ0n) is 11.2. The molecule has 0 amide bonds. The summed E-state index contributed by atoms with van der Waals surface area (Å²) in [7, 11) is 0. The van der Waals surface area contributed by atoms with Crippen molar-refractivity contribution in [3.8, 4) is 0 Å². The standard InChI is InChI=1S/C16H17F2N/c1-11-4-7-14(8-5-11)15-9-6-12(2)13(3)19(15)10-16(17)18/h4-9,16H,3,10H2,1-2H3. The number of allylic oxidation sites excluding steroid dienone is 3. The first-order valence-electron chi connectivity index (χ1n) is 6.19. The lowest BCUT2D eigenvalue weighted by Crippen LogP contribution is -2.28. The third kappa shape index (κ3) is 2.92. The molecule has 1 aromatic rings. The summed E-state index contributed by atoms with van der Waals surface area (Å²) in [6.07, 6.45) is 1.40. The van der Waals surface area contributed by atoms with Gasteiger partial charge in [0.15, 0.2) is 0 Å². The van der Waals surface area contributed by atoms with Crippen LogP contribution in [0.4, 0.5) is 8.78 Å². The fourth-order valence-electron chi connectivity index (χ4n) is 2.07. The van der Waals surface area contributed by atoms with Gasteiger partial charge in [-0.05, 0) is 31.1 Å². The summed E-state index contributed by atoms with van der Waals surface area (Å²) >= 11 is 0. The minimum absolute atomic E-state index is 0.330. The van der Waals surface area contributed by atoms with E-state index in [0.29, 0.717) is 5.70 Å². The summed E-state index contributed by atoms with van der Waals surface area (Å²) in [4.78, 5) is 1.59. The van der Waals surface area contributed by atoms with E-state index in [1.807, 2.05) is 50.3 Å². The average Bonchev–Trinajstić information content (AvgIpc) is 2.36. The zero-order valence-corrected chi connectivity index (χ0v) is 11.2. The van der Waals surface area contributed by atoms with E-state index in [9.17, 15) is 8.78 Å². The fourth-order valence-corrected chi connectivity index (χ4v) is 2.07. The van der Waals surface area contributed by atoms with Crippen LogP contribution < -0.4 is 0 Å². The minimum Gasteiger partial charge on any atom is -0.336 e. The molecule has 19 heavy (non-hydrogen) atoms. The van der Waals surface area contributed by atoms with Gasteiger partial charge in [0.1, 0.15) is 0 Å². The normalized spacial score (nSPS) is 15.6. The van der Waals surface area contributed by atoms with Gasteiger partial charge in [-0.2, -0.15) is 0 Å². The molecular weight excluding hydrogens is 244 g/mol. The second-order valence-corrected chi connectivity index (χ2v) is 4.72. The van der Waals surface area contributed by atoms with Gasteiger partial charge in [-0.15, -0.1) is 0 Å². The molecule has 1 aromatic carbocycles. The summed E-state index contributed by atoms with van der Waals surface area (Å²) in [5.41, 5.74) is 4.40. The first-order chi connectivity index (χ1) is 8.99. The van der Waals surface area contributed by atoms with Crippen molar-refractivity contribution in [2.75, 3.05) is 6.54 Å². The van der Waals surface area contributed by atoms with Crippen LogP contribution in [0.3, 0.4) is 0 Å². The summed E-state index contributed by atoms with van der Waals surface area (Å²) in [6.45, 7) is 7.45. The molecule has 0 aromatic heterocycles. The predicted molar refractivity (Wildman–Crippen MR) is 74.8 cm³/mol. The van der Waals surface area contributed by atoms with Crippen LogP contribution in [0.2, 0.25) is 0 Å². The van der Waals surface area contributed by atoms with Gasteiger partial charge in [0.05, 0.1) is 6.54 Å². The first kappa shape index (κ1) is 13.5. The molecule has 1 aliphatic heterocycles. The molecule has 0 saturated carbocycles. The lowest BCUT2D eigenvalue weighted by atomic mass is 10.0. The largest absolute Gasteiger partial charge is 0.336 e. The molecular formula is C16H17F2N. The number of nitrogens with zero attached hydrogens (tertiary/aromatic N) is 1. The van der Waals surface area contributed by atoms with E-state index >= 15 is 0 Å². The van der Waals surface area contributed by atoms with Crippen molar-refractivity contribution in [3.05, 3.63) is 65.4 Å². The Kier molecular flexibility index (Phi) is 3.84. The first-order valence-corrected chi connectivity index (χ1v) is 6.19. The van der Waals surface area contributed by atoms with Gasteiger partial charge in [-0.3, -0.25) is 0 Å². The van der Waals surface area contributed by atoms with Crippen LogP contribution in [0.15, 0.2) is 54.3 Å². The Hall–Kier alpha value is -1.90. The third-order valence-electron chi connectivity index (χ3n) is 3.23. The van der Waals surface area contributed by atoms with E-state index in [1.54, 1.807) is 4.90 Å². The van der Waals surface area contributed by atoms with Gasteiger partial charge in [0, 0.05) is 11.4 Å². The Morgan fingerprint density at radius 3 is 2.32 bits per heavy atom. The van der Waals surface area contributed by atoms with Crippen molar-refractivity contribution in [3.63, 3.8) is 0 Å². The van der Waals surface area contributed by atoms with Crippen molar-refractivity contribution in [1.29, 1.82) is 0 Å². The molecule has 3 heteroatoms. The Morgan fingerprint density at radius 2 is 1.74 bits per heavy atom. The van der Waals surface area contributed by atoms with Crippen LogP contribution in [0.1, 0.15) is 18.1 Å². The number of aryl methyl sites for hydroxylation is 1. The number of rotatable bonds is 3. The van der Waals surface area contributed by atoms with Crippen molar-refractivity contribution >= 4 is 5.70 Å². The molecule has 0 radical (unpaired) electrons. The van der Waals surface area contributed by atoms with E-state index in [2.05, 4.69) is 6.58 Å². The van der Waals surface area contributed by atoms with Gasteiger partial charge in [0.25, 0.3) is 6.43 Å². The van der Waals surface area contributed by atoms with Crippen LogP contribution in [0.25, 0.3) is 5.70 Å². The molecule has 0 saturated heterocycles. The van der Waals surface area contributed by atoms with Crippen molar-refractivity contribution in [2.45, 2.75) is 20.3 Å². The molecule has 1 nitrogen and oxygen atoms in total. The van der Waals surface area contributed by atoms with Gasteiger partial charge >= 0.3 is 0 Å². The van der Waals surface area contributed by atoms with Crippen LogP contribution in [-0.2, 0) is 0 Å². The summed E-state index contributed by atoms with van der Waals surface area (Å²) in [5, 5.41) is 0. The molecule has 100 valence electrons. The molecule has 1 heterocycles. The van der Waals surface area contributed by atoms with Gasteiger partial charge in [0.2, 0.25) is 0 Å². The van der Waals surface area contributed by atoms with E-state index < -0.39 is 6.43 Å². The third-order valence-corrected chi connectivity index (χ3v) is 3.23. The maximum atomic E-state index is 12.7. The fraction of sp³-hybridized carbons (Fsp3) is 0.250. The van der Waals surface area contributed by atoms with Crippen LogP contribution >= 0.6 is 0 Å². The SMILES string of the molecule is C=C1C(C)=CC=C(c2ccc(C)cc2)N1CC(F)F. The Morgan fingerprint density at radius 1 is 1.11 bits per heavy atom. The van der Waals surface area contributed by atoms with Crippen LogP contribution in [0, 0.1) is 6.92 Å². The maximum Gasteiger partial charge on any atom is 0.256 e. The number of hydrogen-bond acceptors (Lipinski definition) is 1. The molecule has 0 aliphatic carbocycles. The summed E-state index contributed by atoms with van der Waals surface area (Å²) in [5.74, 6) is 0. The van der Waals surface area contributed by atoms with Gasteiger partial charge in [-0.1, -0.05) is 42.5 Å². The number of alkyl halides is 2. The molecule has 0 atom stereocenters. The average molecular weight is 261 g/mol. The van der Waals surface area contributed by atoms with Gasteiger partial charge < -0.3 is 4.90 Å². The Bertz CT molecular complexity index is 538. The van der Waals surface area contributed by atoms with Crippen LogP contribution in [-0.4, -0.2) is 17.9 Å². The number of benzene rings is 1. The number of hydrogen-bond donors (Lipinski definition) is 0. The lowest BCUT2D eigenvalue weighted by Gasteiger charge is -2.32. The second kappa shape index (κ2) is 5.39. The maximum absolute atomic E-state index is 12.7. The highest BCUT2D eigenvalue weighted by molar-refractivity contribution is 5.70. The highest BCUT2D eigenvalue weighted by atomic mass is 19.3. The minimum atomic E-state index is -2.39. The molecule has 0 fully saturated rings. The van der Waals surface area contributed by atoms with E-state index in [4.69, 9.17) is 0 Å². The van der Waals surface area contributed by atoms with E-state index in [0.717, 1.165) is 22.4 Å². The second-order valence-electron chi connectivity index (χ2n) is 4.72.